The van der Waals surface area contributed by atoms with Crippen molar-refractivity contribution in [3.8, 4) is 0 Å². The Bertz CT molecular complexity index is 1330. The molecule has 0 saturated carbocycles. The second-order valence-electron chi connectivity index (χ2n) is 8.06. The molecule has 1 saturated heterocycles. The largest absolute Gasteiger partial charge is 0.477 e. The lowest BCUT2D eigenvalue weighted by Gasteiger charge is -2.49. The average molecular weight is 550 g/mol. The van der Waals surface area contributed by atoms with Gasteiger partial charge in [0.1, 0.15) is 22.8 Å². The van der Waals surface area contributed by atoms with Crippen molar-refractivity contribution < 1.29 is 43.9 Å². The SMILES string of the molecule is CC(O)(O/N=C(\C(=O)N[C@@H]1C(=O)N2C(C(=O)O)=C(C[n+]3ccccc3)CS[C@H]12)c1csc(N)n1)C(=O)O. The highest BCUT2D eigenvalue weighted by molar-refractivity contribution is 8.00. The van der Waals surface area contributed by atoms with E-state index in [0.29, 0.717) is 11.3 Å². The van der Waals surface area contributed by atoms with Crippen LogP contribution in [0.5, 0.6) is 0 Å². The second-order valence-corrected chi connectivity index (χ2v) is 10.1. The number of carbonyl (C=O) groups is 4. The molecule has 6 N–H and O–H groups in total. The fraction of sp³-hybridized carbons (Fsp3) is 0.286. The molecule has 2 aliphatic heterocycles. The van der Waals surface area contributed by atoms with Crippen molar-refractivity contribution in [1.29, 1.82) is 0 Å². The number of nitrogen functional groups attached to an aromatic ring is 1. The maximum Gasteiger partial charge on any atom is 0.379 e. The summed E-state index contributed by atoms with van der Waals surface area (Å²) in [6.07, 6.45) is 3.56. The van der Waals surface area contributed by atoms with Crippen LogP contribution in [0.1, 0.15) is 12.6 Å². The van der Waals surface area contributed by atoms with E-state index in [4.69, 9.17) is 10.8 Å². The molecule has 37 heavy (non-hydrogen) atoms. The van der Waals surface area contributed by atoms with E-state index in [1.165, 1.54) is 17.1 Å². The number of carboxylic acid groups (broad SMARTS) is 2. The van der Waals surface area contributed by atoms with E-state index in [9.17, 15) is 29.4 Å². The third-order valence-electron chi connectivity index (χ3n) is 5.38. The van der Waals surface area contributed by atoms with Crippen LogP contribution in [0, 0.1) is 0 Å². The molecule has 4 rings (SSSR count). The van der Waals surface area contributed by atoms with E-state index < -0.39 is 46.7 Å². The van der Waals surface area contributed by atoms with Crippen molar-refractivity contribution in [3.63, 3.8) is 0 Å². The standard InChI is InChI=1S/C21H20N6O8S2/c1-21(34,19(32)33)35-25-12(11-9-37-20(22)23-11)15(28)24-13-16(29)27-14(18(30)31)10(8-36-17(13)27)7-26-5-3-2-4-6-26/h2-6,9,13,17,34H,7-8H2,1H3,(H4-,22,23,24,28,30,31,32,33)/p+1/b25-12-/t13-,17-,21?/m1/s1. The van der Waals surface area contributed by atoms with Gasteiger partial charge < -0.3 is 31.2 Å². The Kier molecular flexibility index (Phi) is 7.15. The van der Waals surface area contributed by atoms with Gasteiger partial charge in [-0.3, -0.25) is 14.5 Å². The summed E-state index contributed by atoms with van der Waals surface area (Å²) < 4.78 is 1.79. The third-order valence-corrected chi connectivity index (χ3v) is 7.39. The van der Waals surface area contributed by atoms with Crippen LogP contribution in [-0.2, 0) is 30.6 Å². The molecule has 3 atom stereocenters. The molecule has 194 valence electrons. The molecule has 2 aromatic rings. The Hall–Kier alpha value is -4.02. The molecule has 1 fully saturated rings. The van der Waals surface area contributed by atoms with Crippen LogP contribution in [0.25, 0.3) is 0 Å². The number of pyridine rings is 1. The van der Waals surface area contributed by atoms with Crippen molar-refractivity contribution >= 4 is 57.7 Å². The fourth-order valence-electron chi connectivity index (χ4n) is 3.55. The highest BCUT2D eigenvalue weighted by Crippen LogP contribution is 2.40. The predicted molar refractivity (Wildman–Crippen MR) is 129 cm³/mol. The molecule has 16 heteroatoms. The van der Waals surface area contributed by atoms with E-state index in [1.54, 1.807) is 29.1 Å². The average Bonchev–Trinajstić information content (AvgIpc) is 3.28. The van der Waals surface area contributed by atoms with Gasteiger partial charge in [0.2, 0.25) is 0 Å². The number of hydrogen-bond acceptors (Lipinski definition) is 11. The Balaban J connectivity index is 1.55. The zero-order valence-electron chi connectivity index (χ0n) is 19.1. The molecule has 0 bridgehead atoms. The normalized spacial score (nSPS) is 21.0. The number of rotatable bonds is 9. The number of carbonyl (C=O) groups excluding carboxylic acids is 2. The van der Waals surface area contributed by atoms with Crippen LogP contribution in [0.3, 0.4) is 0 Å². The number of amides is 2. The number of fused-ring (bicyclic) bond motifs is 1. The fourth-order valence-corrected chi connectivity index (χ4v) is 5.43. The van der Waals surface area contributed by atoms with E-state index >= 15 is 0 Å². The zero-order chi connectivity index (χ0) is 26.9. The van der Waals surface area contributed by atoms with E-state index in [2.05, 4.69) is 20.3 Å². The molecule has 2 aliphatic rings. The first-order valence-electron chi connectivity index (χ1n) is 10.6. The minimum Gasteiger partial charge on any atom is -0.477 e. The van der Waals surface area contributed by atoms with E-state index in [-0.39, 0.29) is 23.1 Å². The van der Waals surface area contributed by atoms with Gasteiger partial charge >= 0.3 is 17.7 Å². The van der Waals surface area contributed by atoms with Gasteiger partial charge in [-0.25, -0.2) is 19.1 Å². The number of carboxylic acids is 2. The molecular weight excluding hydrogens is 528 g/mol. The molecular formula is C21H21N6O8S2+. The Labute approximate surface area is 217 Å². The summed E-state index contributed by atoms with van der Waals surface area (Å²) in [5.74, 6) is -7.07. The predicted octanol–water partition coefficient (Wildman–Crippen LogP) is -1.03. The number of aliphatic hydroxyl groups is 1. The van der Waals surface area contributed by atoms with Crippen LogP contribution >= 0.6 is 23.1 Å². The highest BCUT2D eigenvalue weighted by atomic mass is 32.2. The van der Waals surface area contributed by atoms with Gasteiger partial charge in [0.25, 0.3) is 11.8 Å². The van der Waals surface area contributed by atoms with Gasteiger partial charge in [-0.15, -0.1) is 23.1 Å². The number of thioether (sulfide) groups is 1. The second kappa shape index (κ2) is 10.2. The van der Waals surface area contributed by atoms with Gasteiger partial charge in [-0.05, 0) is 0 Å². The van der Waals surface area contributed by atoms with Crippen molar-refractivity contribution in [3.05, 3.63) is 52.9 Å². The molecule has 2 amide bonds. The summed E-state index contributed by atoms with van der Waals surface area (Å²) in [7, 11) is 0. The first-order chi connectivity index (χ1) is 17.5. The molecule has 1 unspecified atom stereocenters. The maximum absolute atomic E-state index is 13.0. The number of oxime groups is 1. The number of thiazole rings is 1. The van der Waals surface area contributed by atoms with Gasteiger partial charge in [0, 0.05) is 35.8 Å². The van der Waals surface area contributed by atoms with E-state index in [1.807, 2.05) is 6.07 Å². The minimum absolute atomic E-state index is 0.0746. The molecule has 0 aliphatic carbocycles. The van der Waals surface area contributed by atoms with Crippen molar-refractivity contribution in [2.75, 3.05) is 11.5 Å². The number of aromatic nitrogens is 2. The summed E-state index contributed by atoms with van der Waals surface area (Å²) in [5, 5.41) is 35.3. The van der Waals surface area contributed by atoms with Gasteiger partial charge in [-0.1, -0.05) is 11.2 Å². The highest BCUT2D eigenvalue weighted by Gasteiger charge is 2.55. The van der Waals surface area contributed by atoms with Gasteiger partial charge in [-0.2, -0.15) is 0 Å². The third kappa shape index (κ3) is 5.25. The summed E-state index contributed by atoms with van der Waals surface area (Å²) in [6, 6.07) is 4.33. The minimum atomic E-state index is -2.75. The number of β-lactam (4-membered cyclic amide) rings is 1. The van der Waals surface area contributed by atoms with Crippen LogP contribution in [-0.4, -0.2) is 77.6 Å². The molecule has 0 radical (unpaired) electrons. The molecule has 2 aromatic heterocycles. The molecule has 4 heterocycles. The summed E-state index contributed by atoms with van der Waals surface area (Å²) >= 11 is 2.25. The van der Waals surface area contributed by atoms with Crippen LogP contribution in [0.4, 0.5) is 5.13 Å². The van der Waals surface area contributed by atoms with Gasteiger partial charge in [0.15, 0.2) is 29.8 Å². The van der Waals surface area contributed by atoms with Crippen LogP contribution < -0.4 is 15.6 Å². The summed E-state index contributed by atoms with van der Waals surface area (Å²) in [6.45, 7) is 1.08. The van der Waals surface area contributed by atoms with Crippen molar-refractivity contribution in [2.45, 2.75) is 30.7 Å². The van der Waals surface area contributed by atoms with E-state index in [0.717, 1.165) is 23.2 Å². The van der Waals surface area contributed by atoms with Gasteiger partial charge in [0.05, 0.1) is 0 Å². The monoisotopic (exact) mass is 549 g/mol. The quantitative estimate of drug-likeness (QED) is 0.0839. The Morgan fingerprint density at radius 2 is 2.03 bits per heavy atom. The molecule has 0 spiro atoms. The number of nitrogens with one attached hydrogen (secondary N) is 1. The van der Waals surface area contributed by atoms with Crippen molar-refractivity contribution in [2.24, 2.45) is 5.16 Å². The van der Waals surface area contributed by atoms with Crippen LogP contribution in [0.2, 0.25) is 0 Å². The number of hydrogen-bond donors (Lipinski definition) is 5. The smallest absolute Gasteiger partial charge is 0.379 e. The Morgan fingerprint density at radius 3 is 2.62 bits per heavy atom. The first-order valence-corrected chi connectivity index (χ1v) is 12.5. The summed E-state index contributed by atoms with van der Waals surface area (Å²) in [5.41, 5.74) is 5.40. The maximum atomic E-state index is 13.0. The Morgan fingerprint density at radius 1 is 1.32 bits per heavy atom. The zero-order valence-corrected chi connectivity index (χ0v) is 20.7. The lowest BCUT2D eigenvalue weighted by atomic mass is 10.0. The molecule has 14 nitrogen and oxygen atoms in total. The number of nitrogens with two attached hydrogens (primary N) is 1. The number of aliphatic carboxylic acids is 2. The number of anilines is 1. The summed E-state index contributed by atoms with van der Waals surface area (Å²) in [4.78, 5) is 58.9. The van der Waals surface area contributed by atoms with Crippen molar-refractivity contribution in [1.82, 2.24) is 15.2 Å². The topological polar surface area (TPSA) is 209 Å². The molecule has 0 aromatic carbocycles. The lowest BCUT2D eigenvalue weighted by molar-refractivity contribution is -0.689. The van der Waals surface area contributed by atoms with Crippen LogP contribution in [0.15, 0.2) is 52.4 Å². The number of nitrogens with zero attached hydrogens (tertiary/aromatic N) is 4. The lowest BCUT2D eigenvalue weighted by Crippen LogP contribution is -2.71. The first kappa shape index (κ1) is 26.1.